The highest BCUT2D eigenvalue weighted by Crippen LogP contribution is 2.33. The van der Waals surface area contributed by atoms with E-state index in [9.17, 15) is 9.59 Å². The minimum atomic E-state index is -0.518. The zero-order valence-electron chi connectivity index (χ0n) is 14.8. The summed E-state index contributed by atoms with van der Waals surface area (Å²) in [6.45, 7) is 6.09. The van der Waals surface area contributed by atoms with E-state index in [-0.39, 0.29) is 12.0 Å². The van der Waals surface area contributed by atoms with Crippen molar-refractivity contribution in [3.8, 4) is 0 Å². The van der Waals surface area contributed by atoms with Crippen molar-refractivity contribution in [3.63, 3.8) is 0 Å². The third-order valence-electron chi connectivity index (χ3n) is 3.81. The number of anilines is 1. The number of hydrogen-bond acceptors (Lipinski definition) is 5. The average Bonchev–Trinajstić information content (AvgIpc) is 2.87. The fourth-order valence-corrected chi connectivity index (χ4v) is 2.78. The van der Waals surface area contributed by atoms with Crippen LogP contribution in [0, 0.1) is 0 Å². The van der Waals surface area contributed by atoms with Crippen LogP contribution in [0.4, 0.5) is 10.5 Å². The van der Waals surface area contributed by atoms with Crippen LogP contribution < -0.4 is 10.6 Å². The molecule has 1 aliphatic rings. The van der Waals surface area contributed by atoms with Gasteiger partial charge < -0.3 is 14.8 Å². The summed E-state index contributed by atoms with van der Waals surface area (Å²) in [5.41, 5.74) is 2.64. The Morgan fingerprint density at radius 1 is 1.29 bits per heavy atom. The molecule has 24 heavy (non-hydrogen) atoms. The predicted molar refractivity (Wildman–Crippen MR) is 92.0 cm³/mol. The molecule has 0 aliphatic heterocycles. The molecule has 0 bridgehead atoms. The quantitative estimate of drug-likeness (QED) is 0.809. The van der Waals surface area contributed by atoms with Gasteiger partial charge in [0.1, 0.15) is 5.60 Å². The maximum atomic E-state index is 11.8. The lowest BCUT2D eigenvalue weighted by molar-refractivity contribution is -0.140. The Morgan fingerprint density at radius 3 is 2.71 bits per heavy atom. The minimum Gasteiger partial charge on any atom is -0.469 e. The summed E-state index contributed by atoms with van der Waals surface area (Å²) >= 11 is 0. The molecule has 0 heterocycles. The van der Waals surface area contributed by atoms with Crippen molar-refractivity contribution in [2.24, 2.45) is 0 Å². The monoisotopic (exact) mass is 334 g/mol. The number of carbonyl (C=O) groups excluding carboxylic acids is 2. The molecule has 0 saturated heterocycles. The van der Waals surface area contributed by atoms with E-state index < -0.39 is 11.7 Å². The Kier molecular flexibility index (Phi) is 5.83. The molecule has 1 atom stereocenters. The third-order valence-corrected chi connectivity index (χ3v) is 3.81. The Balaban J connectivity index is 1.93. The number of benzene rings is 1. The lowest BCUT2D eigenvalue weighted by Crippen LogP contribution is -2.27. The van der Waals surface area contributed by atoms with E-state index in [1.54, 1.807) is 0 Å². The van der Waals surface area contributed by atoms with E-state index in [0.717, 1.165) is 18.5 Å². The van der Waals surface area contributed by atoms with E-state index in [1.165, 1.54) is 18.2 Å². The number of hydrogen-bond donors (Lipinski definition) is 2. The van der Waals surface area contributed by atoms with Crippen molar-refractivity contribution < 1.29 is 19.1 Å². The number of ether oxygens (including phenoxy) is 2. The predicted octanol–water partition coefficient (Wildman–Crippen LogP) is 3.17. The largest absolute Gasteiger partial charge is 0.469 e. The molecule has 1 aromatic rings. The first-order chi connectivity index (χ1) is 11.3. The zero-order chi connectivity index (χ0) is 17.7. The molecule has 1 aromatic carbocycles. The summed E-state index contributed by atoms with van der Waals surface area (Å²) in [6.07, 6.45) is 1.83. The molecule has 0 saturated carbocycles. The van der Waals surface area contributed by atoms with Crippen LogP contribution >= 0.6 is 0 Å². The van der Waals surface area contributed by atoms with Crippen molar-refractivity contribution in [1.82, 2.24) is 5.32 Å². The molecule has 1 aliphatic carbocycles. The average molecular weight is 334 g/mol. The fourth-order valence-electron chi connectivity index (χ4n) is 2.78. The molecular weight excluding hydrogens is 308 g/mol. The van der Waals surface area contributed by atoms with Gasteiger partial charge in [0.2, 0.25) is 0 Å². The van der Waals surface area contributed by atoms with Crippen molar-refractivity contribution in [2.75, 3.05) is 19.0 Å². The normalized spacial score (nSPS) is 16.4. The summed E-state index contributed by atoms with van der Waals surface area (Å²) in [4.78, 5) is 23.0. The highest BCUT2D eigenvalue weighted by Gasteiger charge is 2.23. The van der Waals surface area contributed by atoms with Crippen molar-refractivity contribution in [3.05, 3.63) is 29.3 Å². The SMILES string of the molecule is COC(=O)CCNC1CCc2cc(NC(=O)OC(C)(C)C)ccc21. The maximum Gasteiger partial charge on any atom is 0.412 e. The first kappa shape index (κ1) is 18.3. The maximum absolute atomic E-state index is 11.8. The van der Waals surface area contributed by atoms with Gasteiger partial charge in [0.05, 0.1) is 13.5 Å². The van der Waals surface area contributed by atoms with Crippen LogP contribution in [-0.2, 0) is 20.7 Å². The second-order valence-electron chi connectivity index (χ2n) is 6.91. The van der Waals surface area contributed by atoms with Gasteiger partial charge in [0.25, 0.3) is 0 Å². The van der Waals surface area contributed by atoms with Gasteiger partial charge in [-0.2, -0.15) is 0 Å². The topological polar surface area (TPSA) is 76.7 Å². The first-order valence-corrected chi connectivity index (χ1v) is 8.21. The second kappa shape index (κ2) is 7.66. The lowest BCUT2D eigenvalue weighted by atomic mass is 10.1. The van der Waals surface area contributed by atoms with Gasteiger partial charge in [-0.1, -0.05) is 6.07 Å². The first-order valence-electron chi connectivity index (χ1n) is 8.21. The van der Waals surface area contributed by atoms with E-state index in [0.29, 0.717) is 13.0 Å². The van der Waals surface area contributed by atoms with Gasteiger partial charge in [0, 0.05) is 18.3 Å². The number of fused-ring (bicyclic) bond motifs is 1. The van der Waals surface area contributed by atoms with E-state index in [4.69, 9.17) is 4.74 Å². The van der Waals surface area contributed by atoms with Gasteiger partial charge in [-0.05, 0) is 56.9 Å². The van der Waals surface area contributed by atoms with Crippen LogP contribution in [0.1, 0.15) is 50.8 Å². The number of rotatable bonds is 5. The number of nitrogens with one attached hydrogen (secondary N) is 2. The van der Waals surface area contributed by atoms with Gasteiger partial charge in [-0.15, -0.1) is 0 Å². The van der Waals surface area contributed by atoms with Gasteiger partial charge in [-0.25, -0.2) is 4.79 Å². The lowest BCUT2D eigenvalue weighted by Gasteiger charge is -2.20. The zero-order valence-corrected chi connectivity index (χ0v) is 14.8. The molecule has 0 radical (unpaired) electrons. The molecule has 0 spiro atoms. The smallest absolute Gasteiger partial charge is 0.412 e. The molecular formula is C18H26N2O4. The Morgan fingerprint density at radius 2 is 2.04 bits per heavy atom. The Hall–Kier alpha value is -2.08. The number of carbonyl (C=O) groups is 2. The number of esters is 1. The minimum absolute atomic E-state index is 0.211. The van der Waals surface area contributed by atoms with Crippen molar-refractivity contribution in [1.29, 1.82) is 0 Å². The summed E-state index contributed by atoms with van der Waals surface area (Å²) in [5.74, 6) is -0.211. The summed E-state index contributed by atoms with van der Waals surface area (Å²) in [5, 5.41) is 6.15. The van der Waals surface area contributed by atoms with Gasteiger partial charge in [0.15, 0.2) is 0 Å². The molecule has 2 rings (SSSR count). The highest BCUT2D eigenvalue weighted by atomic mass is 16.6. The summed E-state index contributed by atoms with van der Waals surface area (Å²) in [7, 11) is 1.40. The summed E-state index contributed by atoms with van der Waals surface area (Å²) in [6, 6.07) is 6.12. The standard InChI is InChI=1S/C18H26N2O4/c1-18(2,3)24-17(22)20-13-6-7-14-12(11-13)5-8-15(14)19-10-9-16(21)23-4/h6-7,11,15,19H,5,8-10H2,1-4H3,(H,20,22). The molecule has 6 nitrogen and oxygen atoms in total. The molecule has 1 amide bonds. The molecule has 0 fully saturated rings. The Labute approximate surface area is 142 Å². The van der Waals surface area contributed by atoms with Crippen LogP contribution in [0.25, 0.3) is 0 Å². The van der Waals surface area contributed by atoms with E-state index >= 15 is 0 Å². The van der Waals surface area contributed by atoms with E-state index in [1.807, 2.05) is 39.0 Å². The van der Waals surface area contributed by atoms with Crippen molar-refractivity contribution >= 4 is 17.7 Å². The highest BCUT2D eigenvalue weighted by molar-refractivity contribution is 5.85. The van der Waals surface area contributed by atoms with Gasteiger partial charge >= 0.3 is 12.1 Å². The fraction of sp³-hybridized carbons (Fsp3) is 0.556. The molecule has 0 aromatic heterocycles. The Bertz CT molecular complexity index is 608. The van der Waals surface area contributed by atoms with Crippen molar-refractivity contribution in [2.45, 2.75) is 51.7 Å². The van der Waals surface area contributed by atoms with Crippen LogP contribution in [-0.4, -0.2) is 31.3 Å². The van der Waals surface area contributed by atoms with Crippen LogP contribution in [0.3, 0.4) is 0 Å². The van der Waals surface area contributed by atoms with E-state index in [2.05, 4.69) is 15.4 Å². The second-order valence-corrected chi connectivity index (χ2v) is 6.91. The number of methoxy groups -OCH3 is 1. The van der Waals surface area contributed by atoms with Crippen LogP contribution in [0.2, 0.25) is 0 Å². The van der Waals surface area contributed by atoms with Crippen LogP contribution in [0.5, 0.6) is 0 Å². The molecule has 132 valence electrons. The molecule has 1 unspecified atom stereocenters. The molecule has 2 N–H and O–H groups in total. The molecule has 6 heteroatoms. The van der Waals surface area contributed by atoms with Crippen LogP contribution in [0.15, 0.2) is 18.2 Å². The number of aryl methyl sites for hydroxylation is 1. The third kappa shape index (κ3) is 5.23. The number of amides is 1. The summed E-state index contributed by atoms with van der Waals surface area (Å²) < 4.78 is 9.90. The van der Waals surface area contributed by atoms with Gasteiger partial charge in [-0.3, -0.25) is 10.1 Å².